The van der Waals surface area contributed by atoms with Gasteiger partial charge in [-0.25, -0.2) is 4.79 Å². The lowest BCUT2D eigenvalue weighted by atomic mass is 10.0. The van der Waals surface area contributed by atoms with Crippen LogP contribution in [-0.2, 0) is 4.74 Å². The van der Waals surface area contributed by atoms with Crippen LogP contribution in [-0.4, -0.2) is 18.9 Å². The Bertz CT molecular complexity index is 450. The van der Waals surface area contributed by atoms with Gasteiger partial charge >= 0.3 is 5.97 Å². The van der Waals surface area contributed by atoms with Gasteiger partial charge in [-0.1, -0.05) is 0 Å². The van der Waals surface area contributed by atoms with Crippen molar-refractivity contribution in [2.75, 3.05) is 7.11 Å². The minimum Gasteiger partial charge on any atom is -0.465 e. The minimum absolute atomic E-state index is 0.0684. The van der Waals surface area contributed by atoms with Crippen molar-refractivity contribution in [2.45, 2.75) is 12.8 Å². The number of carbonyl (C=O) groups excluding carboxylic acids is 2. The first-order chi connectivity index (χ1) is 7.63. The molecule has 1 aromatic carbocycles. The molecule has 0 bridgehead atoms. The summed E-state index contributed by atoms with van der Waals surface area (Å²) in [6, 6.07) is 5.22. The minimum atomic E-state index is -0.444. The lowest BCUT2D eigenvalue weighted by Gasteiger charge is -2.06. The van der Waals surface area contributed by atoms with Crippen molar-refractivity contribution in [3.8, 4) is 0 Å². The maximum Gasteiger partial charge on any atom is 0.338 e. The highest BCUT2D eigenvalue weighted by Crippen LogP contribution is 2.34. The highest BCUT2D eigenvalue weighted by Gasteiger charge is 2.32. The topological polar surface area (TPSA) is 43.4 Å². The van der Waals surface area contributed by atoms with Gasteiger partial charge in [-0.05, 0) is 53.6 Å². The molecule has 0 atom stereocenters. The second kappa shape index (κ2) is 4.53. The summed E-state index contributed by atoms with van der Waals surface area (Å²) in [6.07, 6.45) is 1.87. The van der Waals surface area contributed by atoms with Crippen LogP contribution in [0.2, 0.25) is 0 Å². The van der Waals surface area contributed by atoms with Crippen LogP contribution in [0, 0.1) is 9.49 Å². The maximum absolute atomic E-state index is 12.0. The second-order valence-corrected chi connectivity index (χ2v) is 5.07. The van der Waals surface area contributed by atoms with Gasteiger partial charge in [-0.2, -0.15) is 0 Å². The Hall–Kier alpha value is -0.910. The van der Waals surface area contributed by atoms with Crippen LogP contribution in [0.4, 0.5) is 0 Å². The number of carbonyl (C=O) groups is 2. The molecule has 0 aromatic heterocycles. The molecule has 4 heteroatoms. The monoisotopic (exact) mass is 330 g/mol. The molecule has 1 aromatic rings. The van der Waals surface area contributed by atoms with Gasteiger partial charge < -0.3 is 4.74 Å². The fourth-order valence-electron chi connectivity index (χ4n) is 1.57. The molecule has 1 aliphatic rings. The van der Waals surface area contributed by atoms with Crippen molar-refractivity contribution >= 4 is 34.3 Å². The summed E-state index contributed by atoms with van der Waals surface area (Å²) in [4.78, 5) is 23.5. The third-order valence-electron chi connectivity index (χ3n) is 2.60. The van der Waals surface area contributed by atoms with Crippen molar-refractivity contribution in [1.82, 2.24) is 0 Å². The first kappa shape index (κ1) is 11.6. The molecule has 0 saturated heterocycles. The number of hydrogen-bond donors (Lipinski definition) is 0. The zero-order chi connectivity index (χ0) is 11.7. The number of esters is 1. The molecular formula is C12H11IO3. The van der Waals surface area contributed by atoms with Gasteiger partial charge in [0.15, 0.2) is 5.78 Å². The number of halogens is 1. The number of methoxy groups -OCH3 is 1. The standard InChI is InChI=1S/C12H11IO3/c1-16-12(15)9-5-4-8(13)6-10(9)11(14)7-2-3-7/h4-7H,2-3H2,1H3. The fraction of sp³-hybridized carbons (Fsp3) is 0.333. The summed E-state index contributed by atoms with van der Waals surface area (Å²) >= 11 is 2.13. The summed E-state index contributed by atoms with van der Waals surface area (Å²) in [7, 11) is 1.33. The van der Waals surface area contributed by atoms with Crippen LogP contribution in [0.25, 0.3) is 0 Å². The molecule has 3 nitrogen and oxygen atoms in total. The van der Waals surface area contributed by atoms with E-state index in [1.165, 1.54) is 7.11 Å². The number of rotatable bonds is 3. The van der Waals surface area contributed by atoms with Gasteiger partial charge in [0.1, 0.15) is 0 Å². The van der Waals surface area contributed by atoms with Gasteiger partial charge in [0, 0.05) is 15.1 Å². The zero-order valence-corrected chi connectivity index (χ0v) is 11.0. The number of benzene rings is 1. The molecule has 0 N–H and O–H groups in total. The highest BCUT2D eigenvalue weighted by atomic mass is 127. The first-order valence-electron chi connectivity index (χ1n) is 5.05. The second-order valence-electron chi connectivity index (χ2n) is 3.82. The van der Waals surface area contributed by atoms with Crippen molar-refractivity contribution in [3.63, 3.8) is 0 Å². The van der Waals surface area contributed by atoms with E-state index in [0.717, 1.165) is 16.4 Å². The summed E-state index contributed by atoms with van der Waals surface area (Å²) in [6.45, 7) is 0. The summed E-state index contributed by atoms with van der Waals surface area (Å²) in [5, 5.41) is 0. The summed E-state index contributed by atoms with van der Waals surface area (Å²) in [5.41, 5.74) is 0.876. The zero-order valence-electron chi connectivity index (χ0n) is 8.83. The molecule has 1 saturated carbocycles. The molecule has 1 aliphatic carbocycles. The van der Waals surface area contributed by atoms with E-state index in [1.807, 2.05) is 0 Å². The third-order valence-corrected chi connectivity index (χ3v) is 3.27. The predicted molar refractivity (Wildman–Crippen MR) is 67.6 cm³/mol. The van der Waals surface area contributed by atoms with Crippen molar-refractivity contribution < 1.29 is 14.3 Å². The normalized spacial score (nSPS) is 14.6. The van der Waals surface area contributed by atoms with Crippen LogP contribution < -0.4 is 0 Å². The fourth-order valence-corrected chi connectivity index (χ4v) is 2.06. The van der Waals surface area contributed by atoms with Crippen molar-refractivity contribution in [1.29, 1.82) is 0 Å². The summed E-state index contributed by atoms with van der Waals surface area (Å²) < 4.78 is 5.63. The first-order valence-corrected chi connectivity index (χ1v) is 6.13. The Kier molecular flexibility index (Phi) is 3.28. The maximum atomic E-state index is 12.0. The van der Waals surface area contributed by atoms with Crippen LogP contribution in [0.5, 0.6) is 0 Å². The van der Waals surface area contributed by atoms with E-state index in [2.05, 4.69) is 27.3 Å². The molecule has 0 heterocycles. The van der Waals surface area contributed by atoms with Crippen LogP contribution >= 0.6 is 22.6 Å². The SMILES string of the molecule is COC(=O)c1ccc(I)cc1C(=O)C1CC1. The Labute approximate surface area is 107 Å². The molecule has 84 valence electrons. The van der Waals surface area contributed by atoms with Gasteiger partial charge in [-0.3, -0.25) is 4.79 Å². The molecule has 1 fully saturated rings. The molecule has 0 spiro atoms. The lowest BCUT2D eigenvalue weighted by molar-refractivity contribution is 0.0596. The Morgan fingerprint density at radius 1 is 1.31 bits per heavy atom. The van der Waals surface area contributed by atoms with Crippen LogP contribution in [0.3, 0.4) is 0 Å². The Balaban J connectivity index is 2.43. The van der Waals surface area contributed by atoms with Crippen LogP contribution in [0.1, 0.15) is 33.6 Å². The van der Waals surface area contributed by atoms with Crippen molar-refractivity contribution in [3.05, 3.63) is 32.9 Å². The Morgan fingerprint density at radius 2 is 2.00 bits per heavy atom. The van der Waals surface area contributed by atoms with Gasteiger partial charge in [0.2, 0.25) is 0 Å². The molecule has 0 amide bonds. The Morgan fingerprint density at radius 3 is 2.56 bits per heavy atom. The quantitative estimate of drug-likeness (QED) is 0.486. The van der Waals surface area contributed by atoms with E-state index in [9.17, 15) is 9.59 Å². The highest BCUT2D eigenvalue weighted by molar-refractivity contribution is 14.1. The van der Waals surface area contributed by atoms with Gasteiger partial charge in [0.25, 0.3) is 0 Å². The summed E-state index contributed by atoms with van der Waals surface area (Å²) in [5.74, 6) is -0.263. The van der Waals surface area contributed by atoms with Gasteiger partial charge in [0.05, 0.1) is 12.7 Å². The number of ether oxygens (including phenoxy) is 1. The van der Waals surface area contributed by atoms with E-state index < -0.39 is 5.97 Å². The lowest BCUT2D eigenvalue weighted by Crippen LogP contribution is -2.12. The van der Waals surface area contributed by atoms with E-state index in [1.54, 1.807) is 18.2 Å². The number of hydrogen-bond acceptors (Lipinski definition) is 3. The molecule has 0 unspecified atom stereocenters. The smallest absolute Gasteiger partial charge is 0.338 e. The van der Waals surface area contributed by atoms with E-state index in [-0.39, 0.29) is 11.7 Å². The third kappa shape index (κ3) is 2.26. The van der Waals surface area contributed by atoms with E-state index >= 15 is 0 Å². The van der Waals surface area contributed by atoms with Gasteiger partial charge in [-0.15, -0.1) is 0 Å². The molecule has 0 radical (unpaired) electrons. The molecular weight excluding hydrogens is 319 g/mol. The van der Waals surface area contributed by atoms with Crippen LogP contribution in [0.15, 0.2) is 18.2 Å². The average Bonchev–Trinajstić information content (AvgIpc) is 3.11. The molecule has 2 rings (SSSR count). The van der Waals surface area contributed by atoms with Crippen molar-refractivity contribution in [2.24, 2.45) is 5.92 Å². The van der Waals surface area contributed by atoms with E-state index in [4.69, 9.17) is 0 Å². The van der Waals surface area contributed by atoms with E-state index in [0.29, 0.717) is 11.1 Å². The largest absolute Gasteiger partial charge is 0.465 e. The number of Topliss-reactive ketones (excluding diaryl/α,β-unsaturated/α-hetero) is 1. The molecule has 0 aliphatic heterocycles. The number of ketones is 1. The average molecular weight is 330 g/mol. The predicted octanol–water partition coefficient (Wildman–Crippen LogP) is 2.67. The molecule has 16 heavy (non-hydrogen) atoms.